The van der Waals surface area contributed by atoms with Gasteiger partial charge in [0.05, 0.1) is 18.6 Å². The summed E-state index contributed by atoms with van der Waals surface area (Å²) in [6.07, 6.45) is 4.20. The molecule has 1 aliphatic rings. The molecule has 1 fully saturated rings. The van der Waals surface area contributed by atoms with Crippen molar-refractivity contribution in [3.8, 4) is 0 Å². The van der Waals surface area contributed by atoms with Gasteiger partial charge in [0, 0.05) is 32.1 Å². The minimum atomic E-state index is 0.232. The average Bonchev–Trinajstić information content (AvgIpc) is 3.10. The molecule has 0 aliphatic carbocycles. The Morgan fingerprint density at radius 3 is 2.57 bits per heavy atom. The predicted molar refractivity (Wildman–Crippen MR) is 83.8 cm³/mol. The van der Waals surface area contributed by atoms with Crippen molar-refractivity contribution >= 4 is 5.91 Å². The zero-order chi connectivity index (χ0) is 15.2. The van der Waals surface area contributed by atoms with Crippen LogP contribution in [0.3, 0.4) is 0 Å². The average molecular weight is 285 g/mol. The van der Waals surface area contributed by atoms with Gasteiger partial charge in [0.15, 0.2) is 0 Å². The van der Waals surface area contributed by atoms with Gasteiger partial charge in [0.1, 0.15) is 0 Å². The van der Waals surface area contributed by atoms with E-state index in [-0.39, 0.29) is 5.91 Å². The quantitative estimate of drug-likeness (QED) is 0.869. The second-order valence-electron chi connectivity index (χ2n) is 5.08. The highest BCUT2D eigenvalue weighted by molar-refractivity contribution is 5.79. The summed E-state index contributed by atoms with van der Waals surface area (Å²) in [6.45, 7) is 5.45. The predicted octanol–water partition coefficient (Wildman–Crippen LogP) is 2.96. The zero-order valence-electron chi connectivity index (χ0n) is 13.0. The van der Waals surface area contributed by atoms with Gasteiger partial charge in [-0.2, -0.15) is 0 Å². The van der Waals surface area contributed by atoms with E-state index in [9.17, 15) is 4.79 Å². The van der Waals surface area contributed by atoms with E-state index in [0.29, 0.717) is 18.9 Å². The molecule has 2 heterocycles. The van der Waals surface area contributed by atoms with Crippen LogP contribution in [0.2, 0.25) is 0 Å². The van der Waals surface area contributed by atoms with Crippen molar-refractivity contribution in [2.75, 3.05) is 6.54 Å². The van der Waals surface area contributed by atoms with E-state index in [1.165, 1.54) is 5.56 Å². The van der Waals surface area contributed by atoms with Crippen LogP contribution in [0.4, 0.5) is 0 Å². The number of aromatic nitrogens is 2. The van der Waals surface area contributed by atoms with Gasteiger partial charge >= 0.3 is 0 Å². The van der Waals surface area contributed by atoms with Crippen molar-refractivity contribution in [2.24, 2.45) is 7.05 Å². The van der Waals surface area contributed by atoms with Crippen LogP contribution in [0.25, 0.3) is 0 Å². The molecule has 0 saturated carbocycles. The maximum absolute atomic E-state index is 12.1. The molecule has 1 atom stereocenters. The Balaban J connectivity index is 0.000000774. The Morgan fingerprint density at radius 2 is 1.95 bits per heavy atom. The summed E-state index contributed by atoms with van der Waals surface area (Å²) in [5, 5.41) is 0. The monoisotopic (exact) mass is 285 g/mol. The van der Waals surface area contributed by atoms with Crippen LogP contribution in [-0.2, 0) is 18.4 Å². The maximum atomic E-state index is 12.1. The molecule has 21 heavy (non-hydrogen) atoms. The first kappa shape index (κ1) is 15.3. The van der Waals surface area contributed by atoms with Crippen LogP contribution in [-0.4, -0.2) is 26.9 Å². The second-order valence-corrected chi connectivity index (χ2v) is 5.08. The fraction of sp³-hybridized carbons (Fsp3) is 0.412. The third kappa shape index (κ3) is 3.51. The molecule has 1 saturated heterocycles. The number of carbonyl (C=O) groups excluding carboxylic acids is 1. The highest BCUT2D eigenvalue weighted by Crippen LogP contribution is 2.28. The molecular weight excluding hydrogens is 262 g/mol. The van der Waals surface area contributed by atoms with Gasteiger partial charge in [-0.15, -0.1) is 0 Å². The molecule has 1 unspecified atom stereocenters. The van der Waals surface area contributed by atoms with E-state index in [1.807, 2.05) is 54.8 Å². The number of rotatable bonds is 3. The lowest BCUT2D eigenvalue weighted by atomic mass is 9.99. The number of hydrogen-bond acceptors (Lipinski definition) is 2. The molecular formula is C17H23N3O. The van der Waals surface area contributed by atoms with Crippen molar-refractivity contribution in [3.63, 3.8) is 0 Å². The topological polar surface area (TPSA) is 38.1 Å². The number of imidazole rings is 1. The minimum absolute atomic E-state index is 0.232. The van der Waals surface area contributed by atoms with Crippen molar-refractivity contribution in [1.82, 2.24) is 14.5 Å². The van der Waals surface area contributed by atoms with Gasteiger partial charge in [-0.1, -0.05) is 44.2 Å². The number of likely N-dealkylation sites (tertiary alicyclic amines) is 1. The summed E-state index contributed by atoms with van der Waals surface area (Å²) in [7, 11) is 1.96. The normalized spacial score (nSPS) is 17.6. The lowest BCUT2D eigenvalue weighted by molar-refractivity contribution is -0.128. The second kappa shape index (κ2) is 7.07. The Bertz CT molecular complexity index is 577. The summed E-state index contributed by atoms with van der Waals surface area (Å²) in [5.74, 6) is 0.553. The summed E-state index contributed by atoms with van der Waals surface area (Å²) >= 11 is 0. The molecule has 0 radical (unpaired) electrons. The fourth-order valence-electron chi connectivity index (χ4n) is 2.61. The van der Waals surface area contributed by atoms with Crippen LogP contribution in [0.15, 0.2) is 42.9 Å². The van der Waals surface area contributed by atoms with Gasteiger partial charge in [0.25, 0.3) is 0 Å². The van der Waals surface area contributed by atoms with Crippen LogP contribution in [0.5, 0.6) is 0 Å². The summed E-state index contributed by atoms with van der Waals surface area (Å²) in [5.41, 5.74) is 2.32. The van der Waals surface area contributed by atoms with E-state index in [0.717, 1.165) is 12.2 Å². The molecule has 4 heteroatoms. The van der Waals surface area contributed by atoms with Crippen molar-refractivity contribution in [3.05, 3.63) is 54.1 Å². The summed E-state index contributed by atoms with van der Waals surface area (Å²) < 4.78 is 1.96. The van der Waals surface area contributed by atoms with Gasteiger partial charge in [-0.3, -0.25) is 4.79 Å². The molecule has 0 N–H and O–H groups in total. The molecule has 3 rings (SSSR count). The SMILES string of the molecule is CC.Cn1cncc1CN1CC(c2ccccc2)CC1=O. The molecule has 1 amide bonds. The van der Waals surface area contributed by atoms with E-state index >= 15 is 0 Å². The van der Waals surface area contributed by atoms with Crippen LogP contribution < -0.4 is 0 Å². The van der Waals surface area contributed by atoms with Crippen molar-refractivity contribution in [1.29, 1.82) is 0 Å². The van der Waals surface area contributed by atoms with Gasteiger partial charge in [-0.25, -0.2) is 4.98 Å². The molecule has 4 nitrogen and oxygen atoms in total. The van der Waals surface area contributed by atoms with Crippen molar-refractivity contribution in [2.45, 2.75) is 32.7 Å². The highest BCUT2D eigenvalue weighted by atomic mass is 16.2. The highest BCUT2D eigenvalue weighted by Gasteiger charge is 2.30. The molecule has 1 aromatic carbocycles. The minimum Gasteiger partial charge on any atom is -0.336 e. The standard InChI is InChI=1S/C15H17N3O.C2H6/c1-17-11-16-8-14(17)10-18-9-13(7-15(18)19)12-5-3-2-4-6-12;1-2/h2-6,8,11,13H,7,9-10H2,1H3;1-2H3. The van der Waals surface area contributed by atoms with Crippen LogP contribution >= 0.6 is 0 Å². The molecule has 1 aliphatic heterocycles. The summed E-state index contributed by atoms with van der Waals surface area (Å²) in [4.78, 5) is 18.1. The van der Waals surface area contributed by atoms with E-state index in [4.69, 9.17) is 0 Å². The first-order valence-electron chi connectivity index (χ1n) is 7.52. The Morgan fingerprint density at radius 1 is 1.24 bits per heavy atom. The summed E-state index contributed by atoms with van der Waals surface area (Å²) in [6, 6.07) is 10.3. The Kier molecular flexibility index (Phi) is 5.14. The zero-order valence-corrected chi connectivity index (χ0v) is 13.0. The molecule has 0 bridgehead atoms. The Hall–Kier alpha value is -2.10. The van der Waals surface area contributed by atoms with E-state index < -0.39 is 0 Å². The van der Waals surface area contributed by atoms with Gasteiger partial charge in [-0.05, 0) is 5.56 Å². The van der Waals surface area contributed by atoms with E-state index in [2.05, 4.69) is 17.1 Å². The largest absolute Gasteiger partial charge is 0.336 e. The number of carbonyl (C=O) groups is 1. The first-order valence-corrected chi connectivity index (χ1v) is 7.52. The molecule has 1 aromatic heterocycles. The van der Waals surface area contributed by atoms with Gasteiger partial charge in [0.2, 0.25) is 5.91 Å². The van der Waals surface area contributed by atoms with Crippen LogP contribution in [0.1, 0.15) is 37.4 Å². The number of hydrogen-bond donors (Lipinski definition) is 0. The van der Waals surface area contributed by atoms with Gasteiger partial charge < -0.3 is 9.47 Å². The maximum Gasteiger partial charge on any atom is 0.223 e. The molecule has 0 spiro atoms. The fourth-order valence-corrected chi connectivity index (χ4v) is 2.61. The van der Waals surface area contributed by atoms with Crippen LogP contribution in [0, 0.1) is 0 Å². The molecule has 2 aromatic rings. The van der Waals surface area contributed by atoms with Crippen molar-refractivity contribution < 1.29 is 4.79 Å². The lowest BCUT2D eigenvalue weighted by Crippen LogP contribution is -2.25. The number of aryl methyl sites for hydroxylation is 1. The smallest absolute Gasteiger partial charge is 0.223 e. The number of nitrogens with zero attached hydrogens (tertiary/aromatic N) is 3. The van der Waals surface area contributed by atoms with E-state index in [1.54, 1.807) is 6.33 Å². The third-order valence-corrected chi connectivity index (χ3v) is 3.75. The third-order valence-electron chi connectivity index (χ3n) is 3.75. The lowest BCUT2D eigenvalue weighted by Gasteiger charge is -2.16. The Labute approximate surface area is 126 Å². The molecule has 112 valence electrons. The number of amides is 1. The first-order chi connectivity index (χ1) is 10.2. The number of benzene rings is 1.